The lowest BCUT2D eigenvalue weighted by molar-refractivity contribution is -0.123. The van der Waals surface area contributed by atoms with E-state index in [9.17, 15) is 4.79 Å². The van der Waals surface area contributed by atoms with Crippen LogP contribution in [0.2, 0.25) is 0 Å². The fourth-order valence-electron chi connectivity index (χ4n) is 2.61. The molecule has 0 atom stereocenters. The minimum Gasteiger partial charge on any atom is -0.484 e. The maximum atomic E-state index is 11.9. The number of hydrogen-bond donors (Lipinski definition) is 1. The monoisotopic (exact) mass is 334 g/mol. The molecule has 3 aromatic rings. The number of fused-ring (bicyclic) bond motifs is 1. The number of ether oxygens (including phenoxy) is 1. The Kier molecular flexibility index (Phi) is 4.95. The van der Waals surface area contributed by atoms with Crippen molar-refractivity contribution < 1.29 is 9.53 Å². The van der Waals surface area contributed by atoms with Gasteiger partial charge in [0.15, 0.2) is 6.61 Å². The zero-order chi connectivity index (χ0) is 17.6. The van der Waals surface area contributed by atoms with Crippen LogP contribution in [-0.2, 0) is 11.3 Å². The van der Waals surface area contributed by atoms with Gasteiger partial charge in [0.2, 0.25) is 0 Å². The summed E-state index contributed by atoms with van der Waals surface area (Å²) in [6.07, 6.45) is 0. The number of rotatable bonds is 6. The van der Waals surface area contributed by atoms with Gasteiger partial charge >= 0.3 is 0 Å². The fourth-order valence-corrected chi connectivity index (χ4v) is 2.61. The first-order valence-electron chi connectivity index (χ1n) is 7.99. The van der Waals surface area contributed by atoms with Crippen LogP contribution in [0.4, 0.5) is 0 Å². The van der Waals surface area contributed by atoms with Gasteiger partial charge in [0, 0.05) is 13.1 Å². The molecular weight excluding hydrogens is 316 g/mol. The molecule has 0 fully saturated rings. The summed E-state index contributed by atoms with van der Waals surface area (Å²) in [7, 11) is 0. The number of nitrogens with zero attached hydrogens (tertiary/aromatic N) is 3. The molecule has 0 saturated carbocycles. The number of benzene rings is 2. The zero-order valence-electron chi connectivity index (χ0n) is 13.9. The molecule has 1 amide bonds. The summed E-state index contributed by atoms with van der Waals surface area (Å²) in [5.74, 6) is 1.29. The van der Waals surface area contributed by atoms with Crippen LogP contribution in [0, 0.1) is 18.3 Å². The summed E-state index contributed by atoms with van der Waals surface area (Å²) in [5, 5.41) is 11.6. The van der Waals surface area contributed by atoms with Crippen molar-refractivity contribution in [3.63, 3.8) is 0 Å². The highest BCUT2D eigenvalue weighted by atomic mass is 16.5. The van der Waals surface area contributed by atoms with E-state index in [-0.39, 0.29) is 12.5 Å². The van der Waals surface area contributed by atoms with Crippen molar-refractivity contribution in [3.05, 3.63) is 59.9 Å². The first-order chi connectivity index (χ1) is 12.2. The Hall–Kier alpha value is -3.33. The van der Waals surface area contributed by atoms with Gasteiger partial charge in [0.25, 0.3) is 5.91 Å². The highest BCUT2D eigenvalue weighted by Gasteiger charge is 2.07. The summed E-state index contributed by atoms with van der Waals surface area (Å²) in [4.78, 5) is 16.4. The van der Waals surface area contributed by atoms with Crippen molar-refractivity contribution in [1.29, 1.82) is 5.26 Å². The lowest BCUT2D eigenvalue weighted by Gasteiger charge is -2.09. The van der Waals surface area contributed by atoms with E-state index >= 15 is 0 Å². The van der Waals surface area contributed by atoms with E-state index in [1.54, 1.807) is 24.3 Å². The molecule has 6 nitrogen and oxygen atoms in total. The second-order valence-corrected chi connectivity index (χ2v) is 5.57. The number of nitrogens with one attached hydrogen (secondary N) is 1. The molecule has 2 aromatic carbocycles. The molecule has 6 heteroatoms. The van der Waals surface area contributed by atoms with Crippen LogP contribution < -0.4 is 10.1 Å². The Morgan fingerprint density at radius 3 is 2.76 bits per heavy atom. The highest BCUT2D eigenvalue weighted by molar-refractivity contribution is 5.78. The Balaban J connectivity index is 1.49. The lowest BCUT2D eigenvalue weighted by Crippen LogP contribution is -2.31. The largest absolute Gasteiger partial charge is 0.484 e. The molecule has 0 saturated heterocycles. The van der Waals surface area contributed by atoms with Crippen LogP contribution in [0.1, 0.15) is 11.4 Å². The Morgan fingerprint density at radius 1 is 1.24 bits per heavy atom. The Morgan fingerprint density at radius 2 is 2.00 bits per heavy atom. The van der Waals surface area contributed by atoms with Gasteiger partial charge in [0.05, 0.1) is 22.7 Å². The summed E-state index contributed by atoms with van der Waals surface area (Å²) < 4.78 is 7.49. The second kappa shape index (κ2) is 7.49. The molecule has 25 heavy (non-hydrogen) atoms. The van der Waals surface area contributed by atoms with Gasteiger partial charge in [-0.2, -0.15) is 5.26 Å². The minimum atomic E-state index is -0.188. The van der Waals surface area contributed by atoms with Crippen molar-refractivity contribution in [2.45, 2.75) is 13.5 Å². The van der Waals surface area contributed by atoms with Crippen LogP contribution >= 0.6 is 0 Å². The summed E-state index contributed by atoms with van der Waals surface area (Å²) >= 11 is 0. The standard InChI is InChI=1S/C19H18N4O2/c1-14-22-17-4-2-3-5-18(17)23(14)11-10-21-19(24)13-25-16-8-6-15(12-20)7-9-16/h2-9H,10-11,13H2,1H3,(H,21,24). The first kappa shape index (κ1) is 16.5. The van der Waals surface area contributed by atoms with Crippen molar-refractivity contribution in [2.75, 3.05) is 13.2 Å². The molecule has 0 aliphatic rings. The quantitative estimate of drug-likeness (QED) is 0.751. The Bertz CT molecular complexity index is 923. The normalized spacial score (nSPS) is 10.4. The molecule has 3 rings (SSSR count). The number of aryl methyl sites for hydroxylation is 1. The predicted octanol–water partition coefficient (Wildman–Crippen LogP) is 2.41. The molecule has 0 radical (unpaired) electrons. The van der Waals surface area contributed by atoms with E-state index < -0.39 is 0 Å². The van der Waals surface area contributed by atoms with Crippen LogP contribution in [0.5, 0.6) is 5.75 Å². The van der Waals surface area contributed by atoms with E-state index in [0.717, 1.165) is 16.9 Å². The lowest BCUT2D eigenvalue weighted by atomic mass is 10.2. The fraction of sp³-hybridized carbons (Fsp3) is 0.211. The number of hydrogen-bond acceptors (Lipinski definition) is 4. The number of nitriles is 1. The molecule has 0 aliphatic heterocycles. The number of imidazole rings is 1. The number of aromatic nitrogens is 2. The third kappa shape index (κ3) is 3.96. The van der Waals surface area contributed by atoms with E-state index in [2.05, 4.69) is 14.9 Å². The minimum absolute atomic E-state index is 0.0600. The maximum absolute atomic E-state index is 11.9. The molecule has 1 aromatic heterocycles. The summed E-state index contributed by atoms with van der Waals surface area (Å²) in [6.45, 7) is 3.04. The van der Waals surface area contributed by atoms with Gasteiger partial charge in [-0.25, -0.2) is 4.98 Å². The van der Waals surface area contributed by atoms with Gasteiger partial charge < -0.3 is 14.6 Å². The Labute approximate surface area is 145 Å². The average Bonchev–Trinajstić information content (AvgIpc) is 2.96. The van der Waals surface area contributed by atoms with E-state index in [4.69, 9.17) is 10.00 Å². The second-order valence-electron chi connectivity index (χ2n) is 5.57. The van der Waals surface area contributed by atoms with E-state index in [0.29, 0.717) is 24.4 Å². The van der Waals surface area contributed by atoms with Gasteiger partial charge in [-0.3, -0.25) is 4.79 Å². The predicted molar refractivity (Wildman–Crippen MR) is 94.1 cm³/mol. The van der Waals surface area contributed by atoms with Crippen LogP contribution in [0.3, 0.4) is 0 Å². The molecule has 0 spiro atoms. The summed E-state index contributed by atoms with van der Waals surface area (Å²) in [6, 6.07) is 16.6. The third-order valence-electron chi connectivity index (χ3n) is 3.86. The molecule has 126 valence electrons. The van der Waals surface area contributed by atoms with Gasteiger partial charge in [-0.1, -0.05) is 12.1 Å². The van der Waals surface area contributed by atoms with E-state index in [1.807, 2.05) is 37.3 Å². The van der Waals surface area contributed by atoms with Gasteiger partial charge in [-0.15, -0.1) is 0 Å². The first-order valence-corrected chi connectivity index (χ1v) is 7.99. The topological polar surface area (TPSA) is 79.9 Å². The van der Waals surface area contributed by atoms with Crippen LogP contribution in [0.15, 0.2) is 48.5 Å². The molecule has 0 bridgehead atoms. The number of carbonyl (C=O) groups excluding carboxylic acids is 1. The van der Waals surface area contributed by atoms with Crippen LogP contribution in [-0.4, -0.2) is 28.6 Å². The number of carbonyl (C=O) groups is 1. The van der Waals surface area contributed by atoms with Crippen molar-refractivity contribution in [1.82, 2.24) is 14.9 Å². The molecule has 0 unspecified atom stereocenters. The van der Waals surface area contributed by atoms with Gasteiger partial charge in [-0.05, 0) is 43.3 Å². The van der Waals surface area contributed by atoms with Crippen molar-refractivity contribution in [2.24, 2.45) is 0 Å². The molecule has 1 heterocycles. The smallest absolute Gasteiger partial charge is 0.258 e. The zero-order valence-corrected chi connectivity index (χ0v) is 13.9. The maximum Gasteiger partial charge on any atom is 0.258 e. The highest BCUT2D eigenvalue weighted by Crippen LogP contribution is 2.15. The molecular formula is C19H18N4O2. The summed E-state index contributed by atoms with van der Waals surface area (Å²) in [5.41, 5.74) is 2.57. The number of amides is 1. The van der Waals surface area contributed by atoms with E-state index in [1.165, 1.54) is 0 Å². The van der Waals surface area contributed by atoms with Gasteiger partial charge in [0.1, 0.15) is 11.6 Å². The molecule has 0 aliphatic carbocycles. The van der Waals surface area contributed by atoms with Crippen LogP contribution in [0.25, 0.3) is 11.0 Å². The average molecular weight is 334 g/mol. The number of para-hydroxylation sites is 2. The van der Waals surface area contributed by atoms with Crippen molar-refractivity contribution >= 4 is 16.9 Å². The molecule has 1 N–H and O–H groups in total. The van der Waals surface area contributed by atoms with Crippen molar-refractivity contribution in [3.8, 4) is 11.8 Å². The SMILES string of the molecule is Cc1nc2ccccc2n1CCNC(=O)COc1ccc(C#N)cc1. The third-order valence-corrected chi connectivity index (χ3v) is 3.86.